The van der Waals surface area contributed by atoms with Crippen molar-refractivity contribution in [3.05, 3.63) is 0 Å². The molecule has 110 valence electrons. The van der Waals surface area contributed by atoms with Gasteiger partial charge in [-0.05, 0) is 5.92 Å². The van der Waals surface area contributed by atoms with Crippen molar-refractivity contribution in [3.63, 3.8) is 0 Å². The van der Waals surface area contributed by atoms with E-state index in [1.54, 1.807) is 0 Å². The average molecular weight is 267 g/mol. The third-order valence-corrected chi connectivity index (χ3v) is 4.09. The summed E-state index contributed by atoms with van der Waals surface area (Å²) in [6, 6.07) is 0.572. The first-order chi connectivity index (χ1) is 8.90. The van der Waals surface area contributed by atoms with Crippen molar-refractivity contribution in [1.29, 1.82) is 0 Å². The quantitative estimate of drug-likeness (QED) is 0.785. The molecule has 0 aromatic rings. The van der Waals surface area contributed by atoms with Crippen LogP contribution in [0.3, 0.4) is 0 Å². The number of rotatable bonds is 6. The lowest BCUT2D eigenvalue weighted by molar-refractivity contribution is -0.159. The number of amides is 1. The fourth-order valence-corrected chi connectivity index (χ4v) is 3.19. The summed E-state index contributed by atoms with van der Waals surface area (Å²) in [4.78, 5) is 16.4. The van der Waals surface area contributed by atoms with Crippen LogP contribution in [-0.2, 0) is 4.79 Å². The molecule has 19 heavy (non-hydrogen) atoms. The first-order valence-corrected chi connectivity index (χ1v) is 7.64. The van der Waals surface area contributed by atoms with Crippen LogP contribution < -0.4 is 5.32 Å². The Kier molecular flexibility index (Phi) is 4.51. The predicted molar refractivity (Wildman–Crippen MR) is 78.0 cm³/mol. The van der Waals surface area contributed by atoms with Crippen molar-refractivity contribution in [2.45, 2.75) is 40.2 Å². The topological polar surface area (TPSA) is 35.6 Å². The molecule has 0 radical (unpaired) electrons. The monoisotopic (exact) mass is 267 g/mol. The molecule has 2 saturated heterocycles. The van der Waals surface area contributed by atoms with Crippen LogP contribution in [0.1, 0.15) is 34.1 Å². The van der Waals surface area contributed by atoms with Crippen molar-refractivity contribution in [1.82, 2.24) is 15.1 Å². The van der Waals surface area contributed by atoms with E-state index in [4.69, 9.17) is 0 Å². The van der Waals surface area contributed by atoms with Crippen LogP contribution in [0.15, 0.2) is 0 Å². The second-order valence-corrected chi connectivity index (χ2v) is 7.17. The van der Waals surface area contributed by atoms with E-state index in [1.165, 1.54) is 13.1 Å². The maximum Gasteiger partial charge on any atom is 0.222 e. The fraction of sp³-hybridized carbons (Fsp3) is 0.933. The molecule has 0 aliphatic carbocycles. The van der Waals surface area contributed by atoms with Gasteiger partial charge in [-0.1, -0.05) is 27.7 Å². The van der Waals surface area contributed by atoms with Gasteiger partial charge in [-0.3, -0.25) is 4.79 Å². The molecule has 2 rings (SSSR count). The zero-order valence-electron chi connectivity index (χ0n) is 12.9. The van der Waals surface area contributed by atoms with E-state index in [9.17, 15) is 4.79 Å². The summed E-state index contributed by atoms with van der Waals surface area (Å²) in [5.74, 6) is 0.824. The summed E-state index contributed by atoms with van der Waals surface area (Å²) in [5.41, 5.74) is 0.449. The average Bonchev–Trinajstić information content (AvgIpc) is 2.16. The Morgan fingerprint density at radius 3 is 2.32 bits per heavy atom. The molecule has 0 bridgehead atoms. The normalized spacial score (nSPS) is 21.9. The van der Waals surface area contributed by atoms with Gasteiger partial charge >= 0.3 is 0 Å². The van der Waals surface area contributed by atoms with Crippen LogP contribution in [0.4, 0.5) is 0 Å². The summed E-state index contributed by atoms with van der Waals surface area (Å²) in [6.07, 6.45) is 0.706. The predicted octanol–water partition coefficient (Wildman–Crippen LogP) is 1.17. The van der Waals surface area contributed by atoms with Crippen molar-refractivity contribution >= 4 is 5.91 Å². The maximum atomic E-state index is 11.9. The highest BCUT2D eigenvalue weighted by Gasteiger charge is 2.52. The number of carbonyl (C=O) groups excluding carboxylic acids is 1. The van der Waals surface area contributed by atoms with Crippen LogP contribution in [0, 0.1) is 11.3 Å². The van der Waals surface area contributed by atoms with E-state index in [1.807, 2.05) is 4.90 Å². The van der Waals surface area contributed by atoms with E-state index in [0.717, 1.165) is 26.2 Å². The van der Waals surface area contributed by atoms with Crippen molar-refractivity contribution in [3.8, 4) is 0 Å². The lowest BCUT2D eigenvalue weighted by Gasteiger charge is -2.60. The highest BCUT2D eigenvalue weighted by Crippen LogP contribution is 2.39. The lowest BCUT2D eigenvalue weighted by Crippen LogP contribution is -2.73. The van der Waals surface area contributed by atoms with Crippen LogP contribution in [0.25, 0.3) is 0 Å². The molecule has 1 spiro atoms. The molecule has 2 aliphatic heterocycles. The third kappa shape index (κ3) is 3.69. The van der Waals surface area contributed by atoms with Gasteiger partial charge in [0.15, 0.2) is 0 Å². The van der Waals surface area contributed by atoms with Gasteiger partial charge in [-0.15, -0.1) is 0 Å². The Morgan fingerprint density at radius 1 is 1.16 bits per heavy atom. The summed E-state index contributed by atoms with van der Waals surface area (Å²) < 4.78 is 0. The number of nitrogens with one attached hydrogen (secondary N) is 1. The van der Waals surface area contributed by atoms with Crippen LogP contribution in [0.2, 0.25) is 0 Å². The smallest absolute Gasteiger partial charge is 0.222 e. The molecular formula is C15H29N3O. The summed E-state index contributed by atoms with van der Waals surface area (Å²) >= 11 is 0. The van der Waals surface area contributed by atoms with Gasteiger partial charge < -0.3 is 15.1 Å². The van der Waals surface area contributed by atoms with Crippen molar-refractivity contribution in [2.75, 3.05) is 39.3 Å². The fourth-order valence-electron chi connectivity index (χ4n) is 3.19. The molecule has 0 aromatic carbocycles. The van der Waals surface area contributed by atoms with E-state index >= 15 is 0 Å². The van der Waals surface area contributed by atoms with Gasteiger partial charge in [0.2, 0.25) is 5.91 Å². The Hall–Kier alpha value is -0.610. The molecular weight excluding hydrogens is 238 g/mol. The minimum Gasteiger partial charge on any atom is -0.341 e. The molecule has 2 aliphatic rings. The molecule has 4 nitrogen and oxygen atoms in total. The second kappa shape index (κ2) is 5.80. The molecule has 0 unspecified atom stereocenters. The molecule has 2 heterocycles. The van der Waals surface area contributed by atoms with E-state index in [-0.39, 0.29) is 0 Å². The van der Waals surface area contributed by atoms with Crippen LogP contribution >= 0.6 is 0 Å². The number of nitrogens with zero attached hydrogens (tertiary/aromatic N) is 2. The van der Waals surface area contributed by atoms with Gasteiger partial charge in [0.25, 0.3) is 0 Å². The van der Waals surface area contributed by atoms with Gasteiger partial charge in [0, 0.05) is 57.1 Å². The molecule has 1 amide bonds. The molecule has 0 atom stereocenters. The zero-order valence-corrected chi connectivity index (χ0v) is 12.9. The molecule has 4 heteroatoms. The van der Waals surface area contributed by atoms with Gasteiger partial charge in [-0.2, -0.15) is 0 Å². The molecule has 1 N–H and O–H groups in total. The lowest BCUT2D eigenvalue weighted by atomic mass is 9.72. The van der Waals surface area contributed by atoms with Crippen LogP contribution in [0.5, 0.6) is 0 Å². The Balaban J connectivity index is 1.59. The van der Waals surface area contributed by atoms with Crippen LogP contribution in [-0.4, -0.2) is 61.0 Å². The molecule has 2 fully saturated rings. The minimum absolute atomic E-state index is 0.348. The van der Waals surface area contributed by atoms with Crippen molar-refractivity contribution in [2.24, 2.45) is 11.3 Å². The highest BCUT2D eigenvalue weighted by molar-refractivity contribution is 5.77. The van der Waals surface area contributed by atoms with Gasteiger partial charge in [0.1, 0.15) is 0 Å². The van der Waals surface area contributed by atoms with E-state index in [0.29, 0.717) is 29.7 Å². The maximum absolute atomic E-state index is 11.9. The first kappa shape index (κ1) is 14.8. The second-order valence-electron chi connectivity index (χ2n) is 7.17. The third-order valence-electron chi connectivity index (χ3n) is 4.09. The summed E-state index contributed by atoms with van der Waals surface area (Å²) in [5, 5.41) is 3.45. The molecule has 0 saturated carbocycles. The summed E-state index contributed by atoms with van der Waals surface area (Å²) in [7, 11) is 0. The highest BCUT2D eigenvalue weighted by atomic mass is 16.2. The Morgan fingerprint density at radius 2 is 1.79 bits per heavy atom. The number of likely N-dealkylation sites (tertiary alicyclic amines) is 2. The van der Waals surface area contributed by atoms with Gasteiger partial charge in [0.05, 0.1) is 0 Å². The number of hydrogen-bond acceptors (Lipinski definition) is 3. The Labute approximate surface area is 117 Å². The number of hydrogen-bond donors (Lipinski definition) is 1. The number of carbonyl (C=O) groups is 1. The van der Waals surface area contributed by atoms with E-state index in [2.05, 4.69) is 37.9 Å². The first-order valence-electron chi connectivity index (χ1n) is 7.64. The Bertz CT molecular complexity index is 313. The summed E-state index contributed by atoms with van der Waals surface area (Å²) in [6.45, 7) is 15.1. The standard InChI is InChI=1S/C15H29N3O/c1-12(2)7-14(19)18-10-15(11-18)8-17(9-15)6-5-16-13(3)4/h12-13,16H,5-11H2,1-4H3. The minimum atomic E-state index is 0.348. The van der Waals surface area contributed by atoms with Crippen molar-refractivity contribution < 1.29 is 4.79 Å². The SMILES string of the molecule is CC(C)CC(=O)N1CC2(CN(CCNC(C)C)C2)C1. The van der Waals surface area contributed by atoms with E-state index < -0.39 is 0 Å². The molecule has 0 aromatic heterocycles. The zero-order chi connectivity index (χ0) is 14.0. The van der Waals surface area contributed by atoms with Gasteiger partial charge in [-0.25, -0.2) is 0 Å². The largest absolute Gasteiger partial charge is 0.341 e.